The van der Waals surface area contributed by atoms with Crippen molar-refractivity contribution in [3.05, 3.63) is 54.3 Å². The Morgan fingerprint density at radius 2 is 1.87 bits per heavy atom. The molecule has 0 bridgehead atoms. The van der Waals surface area contributed by atoms with Crippen LogP contribution in [0, 0.1) is 5.82 Å². The minimum Gasteiger partial charge on any atom is -0.481 e. The smallest absolute Gasteiger partial charge is 0.262 e. The van der Waals surface area contributed by atoms with E-state index >= 15 is 0 Å². The van der Waals surface area contributed by atoms with Crippen molar-refractivity contribution in [3.8, 4) is 5.75 Å². The summed E-state index contributed by atoms with van der Waals surface area (Å²) in [5.74, 6) is -1.50. The van der Waals surface area contributed by atoms with E-state index in [1.807, 2.05) is 0 Å². The van der Waals surface area contributed by atoms with E-state index in [4.69, 9.17) is 4.74 Å². The molecule has 23 heavy (non-hydrogen) atoms. The first-order chi connectivity index (χ1) is 10.9. The van der Waals surface area contributed by atoms with Crippen molar-refractivity contribution in [2.45, 2.75) is 4.90 Å². The summed E-state index contributed by atoms with van der Waals surface area (Å²) in [5.41, 5.74) is 0.368. The molecule has 0 heterocycles. The lowest BCUT2D eigenvalue weighted by Crippen LogP contribution is -2.25. The van der Waals surface area contributed by atoms with Gasteiger partial charge in [0.25, 0.3) is 15.9 Å². The molecule has 0 aromatic heterocycles. The molecule has 2 aromatic carbocycles. The fraction of sp³-hybridized carbons (Fsp3) is 0.133. The topological polar surface area (TPSA) is 84.5 Å². The lowest BCUT2D eigenvalue weighted by atomic mass is 10.3. The number of carbonyl (C=O) groups is 1. The van der Waals surface area contributed by atoms with E-state index < -0.39 is 21.7 Å². The van der Waals surface area contributed by atoms with Crippen molar-refractivity contribution < 1.29 is 22.3 Å². The minimum absolute atomic E-state index is 0.202. The van der Waals surface area contributed by atoms with Gasteiger partial charge in [0.15, 0.2) is 18.2 Å². The Hall–Kier alpha value is -2.61. The molecule has 6 nitrogen and oxygen atoms in total. The van der Waals surface area contributed by atoms with Crippen molar-refractivity contribution in [1.82, 2.24) is 5.32 Å². The lowest BCUT2D eigenvalue weighted by molar-refractivity contribution is -0.122. The van der Waals surface area contributed by atoms with Gasteiger partial charge in [0.05, 0.1) is 4.90 Å². The summed E-state index contributed by atoms with van der Waals surface area (Å²) in [6, 6.07) is 11.5. The van der Waals surface area contributed by atoms with Gasteiger partial charge in [-0.3, -0.25) is 9.52 Å². The summed E-state index contributed by atoms with van der Waals surface area (Å²) < 4.78 is 45.6. The quantitative estimate of drug-likeness (QED) is 0.840. The first-order valence-electron chi connectivity index (χ1n) is 6.63. The highest BCUT2D eigenvalue weighted by atomic mass is 32.2. The van der Waals surface area contributed by atoms with Gasteiger partial charge < -0.3 is 10.1 Å². The van der Waals surface area contributed by atoms with Crippen LogP contribution in [0.15, 0.2) is 53.4 Å². The number of hydrogen-bond donors (Lipinski definition) is 2. The summed E-state index contributed by atoms with van der Waals surface area (Å²) in [6.07, 6.45) is 0. The van der Waals surface area contributed by atoms with E-state index in [-0.39, 0.29) is 17.3 Å². The number of amides is 1. The number of nitrogens with one attached hydrogen (secondary N) is 2. The normalized spacial score (nSPS) is 10.9. The Balaban J connectivity index is 2.17. The highest BCUT2D eigenvalue weighted by molar-refractivity contribution is 7.92. The van der Waals surface area contributed by atoms with Gasteiger partial charge in [-0.25, -0.2) is 12.8 Å². The lowest BCUT2D eigenvalue weighted by Gasteiger charge is -2.10. The van der Waals surface area contributed by atoms with Crippen LogP contribution in [0.2, 0.25) is 0 Å². The summed E-state index contributed by atoms with van der Waals surface area (Å²) in [6.45, 7) is -0.359. The van der Waals surface area contributed by atoms with Crippen LogP contribution in [-0.4, -0.2) is 28.0 Å². The maximum absolute atomic E-state index is 13.9. The molecule has 2 aromatic rings. The van der Waals surface area contributed by atoms with Crippen LogP contribution in [0.5, 0.6) is 5.75 Å². The monoisotopic (exact) mass is 338 g/mol. The van der Waals surface area contributed by atoms with Gasteiger partial charge in [0.1, 0.15) is 0 Å². The summed E-state index contributed by atoms with van der Waals surface area (Å²) in [4.78, 5) is 10.8. The van der Waals surface area contributed by atoms with Gasteiger partial charge in [0, 0.05) is 12.7 Å². The van der Waals surface area contributed by atoms with Gasteiger partial charge in [-0.05, 0) is 30.3 Å². The Morgan fingerprint density at radius 1 is 1.17 bits per heavy atom. The number of ether oxygens (including phenoxy) is 1. The largest absolute Gasteiger partial charge is 0.481 e. The van der Waals surface area contributed by atoms with Gasteiger partial charge in [-0.2, -0.15) is 0 Å². The highest BCUT2D eigenvalue weighted by Crippen LogP contribution is 2.22. The molecule has 0 saturated carbocycles. The number of likely N-dealkylation sites (N-methyl/N-ethyl adjacent to an activating group) is 1. The third-order valence-corrected chi connectivity index (χ3v) is 4.26. The molecule has 2 N–H and O–H groups in total. The van der Waals surface area contributed by atoms with E-state index in [0.29, 0.717) is 5.69 Å². The number of para-hydroxylation sites is 1. The van der Waals surface area contributed by atoms with Crippen LogP contribution in [0.25, 0.3) is 0 Å². The predicted molar refractivity (Wildman–Crippen MR) is 83.2 cm³/mol. The number of sulfonamides is 1. The number of anilines is 1. The molecule has 0 aliphatic heterocycles. The molecule has 0 saturated heterocycles. The Morgan fingerprint density at radius 3 is 2.48 bits per heavy atom. The van der Waals surface area contributed by atoms with Crippen molar-refractivity contribution in [1.29, 1.82) is 0 Å². The van der Waals surface area contributed by atoms with E-state index in [0.717, 1.165) is 12.1 Å². The fourth-order valence-electron chi connectivity index (χ4n) is 1.70. The van der Waals surface area contributed by atoms with Gasteiger partial charge in [-0.1, -0.05) is 18.2 Å². The fourth-order valence-corrected chi connectivity index (χ4v) is 2.77. The zero-order valence-corrected chi connectivity index (χ0v) is 13.1. The van der Waals surface area contributed by atoms with Crippen molar-refractivity contribution in [3.63, 3.8) is 0 Å². The molecule has 122 valence electrons. The second kappa shape index (κ2) is 7.10. The van der Waals surface area contributed by atoms with Crippen molar-refractivity contribution in [2.75, 3.05) is 18.4 Å². The standard InChI is InChI=1S/C15H15FN2O4S/c1-17-15(19)10-22-14-8-7-12(9-13(14)16)23(20,21)18-11-5-3-2-4-6-11/h2-9,18H,10H2,1H3,(H,17,19). The van der Waals surface area contributed by atoms with Crippen LogP contribution in [0.3, 0.4) is 0 Å². The van der Waals surface area contributed by atoms with Crippen molar-refractivity contribution >= 4 is 21.6 Å². The molecule has 1 amide bonds. The number of benzene rings is 2. The zero-order valence-electron chi connectivity index (χ0n) is 12.2. The van der Waals surface area contributed by atoms with Gasteiger partial charge >= 0.3 is 0 Å². The third-order valence-electron chi connectivity index (χ3n) is 2.88. The van der Waals surface area contributed by atoms with Gasteiger partial charge in [0.2, 0.25) is 0 Å². The van der Waals surface area contributed by atoms with Crippen LogP contribution < -0.4 is 14.8 Å². The van der Waals surface area contributed by atoms with Crippen LogP contribution in [0.1, 0.15) is 0 Å². The van der Waals surface area contributed by atoms with E-state index in [9.17, 15) is 17.6 Å². The van der Waals surface area contributed by atoms with Crippen LogP contribution >= 0.6 is 0 Å². The number of rotatable bonds is 6. The maximum Gasteiger partial charge on any atom is 0.262 e. The molecule has 8 heteroatoms. The molecule has 0 unspecified atom stereocenters. The maximum atomic E-state index is 13.9. The molecule has 0 spiro atoms. The predicted octanol–water partition coefficient (Wildman–Crippen LogP) is 1.75. The first kappa shape index (κ1) is 16.8. The summed E-state index contributed by atoms with van der Waals surface area (Å²) >= 11 is 0. The van der Waals surface area contributed by atoms with Crippen LogP contribution in [0.4, 0.5) is 10.1 Å². The number of halogens is 1. The Labute approximate surface area is 133 Å². The number of carbonyl (C=O) groups excluding carboxylic acids is 1. The molecule has 0 aliphatic rings. The SMILES string of the molecule is CNC(=O)COc1ccc(S(=O)(=O)Nc2ccccc2)cc1F. The minimum atomic E-state index is -3.91. The highest BCUT2D eigenvalue weighted by Gasteiger charge is 2.17. The Bertz CT molecular complexity index is 794. The zero-order chi connectivity index (χ0) is 16.9. The summed E-state index contributed by atoms with van der Waals surface area (Å²) in [5, 5.41) is 2.33. The average Bonchev–Trinajstić information content (AvgIpc) is 2.53. The molecule has 0 fully saturated rings. The van der Waals surface area contributed by atoms with E-state index in [1.165, 1.54) is 13.1 Å². The average molecular weight is 338 g/mol. The van der Waals surface area contributed by atoms with Crippen LogP contribution in [-0.2, 0) is 14.8 Å². The summed E-state index contributed by atoms with van der Waals surface area (Å²) in [7, 11) is -2.49. The first-order valence-corrected chi connectivity index (χ1v) is 8.11. The molecule has 0 radical (unpaired) electrons. The third kappa shape index (κ3) is 4.43. The Kier molecular flexibility index (Phi) is 5.17. The second-order valence-electron chi connectivity index (χ2n) is 4.53. The molecule has 2 rings (SSSR count). The van der Waals surface area contributed by atoms with E-state index in [1.54, 1.807) is 30.3 Å². The molecular weight excluding hydrogens is 323 g/mol. The van der Waals surface area contributed by atoms with Crippen molar-refractivity contribution in [2.24, 2.45) is 0 Å². The molecule has 0 aliphatic carbocycles. The molecular formula is C15H15FN2O4S. The van der Waals surface area contributed by atoms with E-state index in [2.05, 4.69) is 10.0 Å². The molecule has 0 atom stereocenters. The van der Waals surface area contributed by atoms with Gasteiger partial charge in [-0.15, -0.1) is 0 Å². The second-order valence-corrected chi connectivity index (χ2v) is 6.21. The number of hydrogen-bond acceptors (Lipinski definition) is 4.